The van der Waals surface area contributed by atoms with Crippen molar-refractivity contribution in [3.63, 3.8) is 0 Å². The highest BCUT2D eigenvalue weighted by Crippen LogP contribution is 2.28. The van der Waals surface area contributed by atoms with E-state index < -0.39 is 17.7 Å². The molecule has 0 aliphatic carbocycles. The fraction of sp³-hybridized carbons (Fsp3) is 0.679. The van der Waals surface area contributed by atoms with Crippen molar-refractivity contribution in [2.45, 2.75) is 105 Å². The number of hydrogen-bond acceptors (Lipinski definition) is 4. The van der Waals surface area contributed by atoms with Gasteiger partial charge in [-0.25, -0.2) is 4.79 Å². The maximum absolute atomic E-state index is 13.5. The van der Waals surface area contributed by atoms with Gasteiger partial charge < -0.3 is 20.3 Å². The second-order valence-electron chi connectivity index (χ2n) is 10.2. The molecular weight excluding hydrogens is 442 g/mol. The first kappa shape index (κ1) is 30.5. The molecule has 2 N–H and O–H groups in total. The number of nitrogens with zero attached hydrogens (tertiary/aromatic N) is 1. The second-order valence-corrected chi connectivity index (χ2v) is 10.2. The molecule has 0 spiro atoms. The molecule has 0 heterocycles. The van der Waals surface area contributed by atoms with Crippen molar-refractivity contribution in [3.8, 4) is 0 Å². The van der Waals surface area contributed by atoms with Crippen LogP contribution in [0.3, 0.4) is 0 Å². The summed E-state index contributed by atoms with van der Waals surface area (Å²) in [5, 5.41) is 5.61. The fourth-order valence-corrected chi connectivity index (χ4v) is 4.02. The first-order valence-corrected chi connectivity index (χ1v) is 13.1. The van der Waals surface area contributed by atoms with Crippen molar-refractivity contribution < 1.29 is 19.1 Å². The number of rotatable bonds is 14. The number of amides is 3. The van der Waals surface area contributed by atoms with Crippen LogP contribution in [0, 0.1) is 13.8 Å². The second kappa shape index (κ2) is 15.4. The van der Waals surface area contributed by atoms with Crippen LogP contribution in [0.4, 0.5) is 4.79 Å². The summed E-state index contributed by atoms with van der Waals surface area (Å²) in [4.78, 5) is 40.8. The summed E-state index contributed by atoms with van der Waals surface area (Å²) in [5.41, 5.74) is 2.11. The summed E-state index contributed by atoms with van der Waals surface area (Å²) in [6.45, 7) is 14.3. The van der Waals surface area contributed by atoms with Crippen molar-refractivity contribution >= 4 is 17.9 Å². The van der Waals surface area contributed by atoms with Crippen molar-refractivity contribution in [1.82, 2.24) is 15.5 Å². The van der Waals surface area contributed by atoms with Gasteiger partial charge in [0.15, 0.2) is 0 Å². The van der Waals surface area contributed by atoms with Crippen LogP contribution in [0.25, 0.3) is 0 Å². The van der Waals surface area contributed by atoms with Crippen molar-refractivity contribution in [3.05, 3.63) is 34.9 Å². The number of aryl methyl sites for hydroxylation is 2. The van der Waals surface area contributed by atoms with Crippen LogP contribution in [-0.2, 0) is 14.3 Å². The van der Waals surface area contributed by atoms with Gasteiger partial charge in [-0.15, -0.1) is 0 Å². The van der Waals surface area contributed by atoms with Gasteiger partial charge >= 0.3 is 6.09 Å². The summed E-state index contributed by atoms with van der Waals surface area (Å²) in [6, 6.07) is 5.14. The van der Waals surface area contributed by atoms with E-state index >= 15 is 0 Å². The third kappa shape index (κ3) is 11.1. The number of nitrogens with one attached hydrogen (secondary N) is 2. The average molecular weight is 490 g/mol. The highest BCUT2D eigenvalue weighted by atomic mass is 16.6. The molecule has 1 aromatic rings. The lowest BCUT2D eigenvalue weighted by Gasteiger charge is -2.33. The maximum Gasteiger partial charge on any atom is 0.408 e. The summed E-state index contributed by atoms with van der Waals surface area (Å²) in [7, 11) is 0. The molecule has 0 aliphatic rings. The lowest BCUT2D eigenvalue weighted by Crippen LogP contribution is -2.48. The third-order valence-electron chi connectivity index (χ3n) is 5.81. The van der Waals surface area contributed by atoms with Crippen LogP contribution in [-0.4, -0.2) is 48.0 Å². The SMILES string of the molecule is CCCCCCCN(C(=O)CNC(=O)OC(C)(C)C)C(C(=O)NCCCC)c1c(C)cccc1C. The van der Waals surface area contributed by atoms with E-state index in [-0.39, 0.29) is 18.4 Å². The molecule has 198 valence electrons. The first-order chi connectivity index (χ1) is 16.5. The molecule has 1 rings (SSSR count). The lowest BCUT2D eigenvalue weighted by atomic mass is 9.93. The van der Waals surface area contributed by atoms with Crippen molar-refractivity contribution in [2.24, 2.45) is 0 Å². The molecule has 0 aromatic heterocycles. The summed E-state index contributed by atoms with van der Waals surface area (Å²) in [6.07, 6.45) is 6.33. The fourth-order valence-electron chi connectivity index (χ4n) is 4.02. The zero-order valence-electron chi connectivity index (χ0n) is 23.0. The third-order valence-corrected chi connectivity index (χ3v) is 5.81. The molecule has 0 bridgehead atoms. The molecule has 0 radical (unpaired) electrons. The molecule has 0 aliphatic heterocycles. The minimum absolute atomic E-state index is 0.185. The van der Waals surface area contributed by atoms with Gasteiger partial charge in [-0.2, -0.15) is 0 Å². The van der Waals surface area contributed by atoms with Gasteiger partial charge in [-0.3, -0.25) is 9.59 Å². The van der Waals surface area contributed by atoms with Crippen LogP contribution < -0.4 is 10.6 Å². The molecule has 0 fully saturated rings. The molecule has 0 saturated heterocycles. The standard InChI is InChI=1S/C28H47N3O4/c1-8-10-12-13-14-19-31(23(32)20-30-27(34)35-28(5,6)7)25(26(33)29-18-11-9-2)24-21(3)16-15-17-22(24)4/h15-17,25H,8-14,18-20H2,1-7H3,(H,29,33)(H,30,34). The van der Waals surface area contributed by atoms with E-state index in [9.17, 15) is 14.4 Å². The van der Waals surface area contributed by atoms with Crippen molar-refractivity contribution in [2.75, 3.05) is 19.6 Å². The van der Waals surface area contributed by atoms with E-state index in [1.165, 1.54) is 0 Å². The number of hydrogen-bond donors (Lipinski definition) is 2. The molecule has 1 aromatic carbocycles. The van der Waals surface area contributed by atoms with E-state index in [4.69, 9.17) is 4.74 Å². The van der Waals surface area contributed by atoms with E-state index in [0.29, 0.717) is 13.1 Å². The Labute approximate surface area is 212 Å². The van der Waals surface area contributed by atoms with Crippen LogP contribution >= 0.6 is 0 Å². The van der Waals surface area contributed by atoms with Gasteiger partial charge in [0, 0.05) is 13.1 Å². The Morgan fingerprint density at radius 2 is 1.51 bits per heavy atom. The Hall–Kier alpha value is -2.57. The summed E-state index contributed by atoms with van der Waals surface area (Å²) in [5.74, 6) is -0.486. The van der Waals surface area contributed by atoms with Gasteiger partial charge in [0.25, 0.3) is 0 Å². The van der Waals surface area contributed by atoms with Gasteiger partial charge in [0.2, 0.25) is 11.8 Å². The van der Waals surface area contributed by atoms with E-state index in [2.05, 4.69) is 24.5 Å². The van der Waals surface area contributed by atoms with E-state index in [1.807, 2.05) is 32.0 Å². The van der Waals surface area contributed by atoms with Crippen LogP contribution in [0.2, 0.25) is 0 Å². The number of carbonyl (C=O) groups is 3. The highest BCUT2D eigenvalue weighted by Gasteiger charge is 2.33. The molecular formula is C28H47N3O4. The molecule has 35 heavy (non-hydrogen) atoms. The van der Waals surface area contributed by atoms with Crippen LogP contribution in [0.5, 0.6) is 0 Å². The smallest absolute Gasteiger partial charge is 0.408 e. The zero-order valence-corrected chi connectivity index (χ0v) is 23.0. The number of ether oxygens (including phenoxy) is 1. The summed E-state index contributed by atoms with van der Waals surface area (Å²) >= 11 is 0. The lowest BCUT2D eigenvalue weighted by molar-refractivity contribution is -0.140. The maximum atomic E-state index is 13.5. The molecule has 7 heteroatoms. The number of alkyl carbamates (subject to hydrolysis) is 1. The summed E-state index contributed by atoms with van der Waals surface area (Å²) < 4.78 is 5.29. The quantitative estimate of drug-likeness (QED) is 0.334. The van der Waals surface area contributed by atoms with Crippen LogP contribution in [0.1, 0.15) is 102 Å². The molecule has 1 atom stereocenters. The predicted molar refractivity (Wildman–Crippen MR) is 141 cm³/mol. The monoisotopic (exact) mass is 489 g/mol. The Balaban J connectivity index is 3.24. The Bertz CT molecular complexity index is 797. The number of carbonyl (C=O) groups excluding carboxylic acids is 3. The van der Waals surface area contributed by atoms with E-state index in [0.717, 1.165) is 61.6 Å². The molecule has 3 amide bonds. The van der Waals surface area contributed by atoms with Gasteiger partial charge in [0.1, 0.15) is 18.2 Å². The largest absolute Gasteiger partial charge is 0.444 e. The molecule has 0 saturated carbocycles. The Morgan fingerprint density at radius 1 is 0.914 bits per heavy atom. The zero-order chi connectivity index (χ0) is 26.4. The molecule has 7 nitrogen and oxygen atoms in total. The van der Waals surface area contributed by atoms with E-state index in [1.54, 1.807) is 25.7 Å². The average Bonchev–Trinajstić information content (AvgIpc) is 2.77. The van der Waals surface area contributed by atoms with Gasteiger partial charge in [-0.05, 0) is 64.2 Å². The van der Waals surface area contributed by atoms with Gasteiger partial charge in [0.05, 0.1) is 0 Å². The highest BCUT2D eigenvalue weighted by molar-refractivity contribution is 5.91. The number of unbranched alkanes of at least 4 members (excludes halogenated alkanes) is 5. The van der Waals surface area contributed by atoms with Crippen molar-refractivity contribution in [1.29, 1.82) is 0 Å². The number of benzene rings is 1. The minimum Gasteiger partial charge on any atom is -0.444 e. The van der Waals surface area contributed by atoms with Gasteiger partial charge in [-0.1, -0.05) is 64.2 Å². The Morgan fingerprint density at radius 3 is 2.09 bits per heavy atom. The topological polar surface area (TPSA) is 87.7 Å². The van der Waals surface area contributed by atoms with Crippen LogP contribution in [0.15, 0.2) is 18.2 Å². The molecule has 1 unspecified atom stereocenters. The predicted octanol–water partition coefficient (Wildman–Crippen LogP) is 5.58. The Kier molecular flexibility index (Phi) is 13.4. The first-order valence-electron chi connectivity index (χ1n) is 13.1. The normalized spacial score (nSPS) is 12.1. The minimum atomic E-state index is -0.757.